The molecule has 0 spiro atoms. The third-order valence-corrected chi connectivity index (χ3v) is 6.80. The van der Waals surface area contributed by atoms with Gasteiger partial charge in [0.25, 0.3) is 0 Å². The molecule has 1 aromatic carbocycles. The van der Waals surface area contributed by atoms with E-state index >= 15 is 0 Å². The fraction of sp³-hybridized carbons (Fsp3) is 0.444. The van der Waals surface area contributed by atoms with Crippen molar-refractivity contribution in [2.45, 2.75) is 32.1 Å². The molecule has 1 saturated heterocycles. The van der Waals surface area contributed by atoms with Gasteiger partial charge in [-0.1, -0.05) is 0 Å². The molecule has 6 nitrogen and oxygen atoms in total. The van der Waals surface area contributed by atoms with Gasteiger partial charge in [-0.05, 0) is 49.3 Å². The van der Waals surface area contributed by atoms with E-state index < -0.39 is 15.8 Å². The summed E-state index contributed by atoms with van der Waals surface area (Å²) in [6.07, 6.45) is 3.11. The number of rotatable bonds is 3. The van der Waals surface area contributed by atoms with Crippen LogP contribution in [-0.2, 0) is 27.5 Å². The van der Waals surface area contributed by atoms with E-state index in [1.54, 1.807) is 12.1 Å². The van der Waals surface area contributed by atoms with Crippen LogP contribution >= 0.6 is 0 Å². The zero-order valence-corrected chi connectivity index (χ0v) is 14.4. The predicted molar refractivity (Wildman–Crippen MR) is 91.5 cm³/mol. The first-order valence-electron chi connectivity index (χ1n) is 8.41. The van der Waals surface area contributed by atoms with Gasteiger partial charge < -0.3 is 9.15 Å². The van der Waals surface area contributed by atoms with E-state index in [-0.39, 0.29) is 29.5 Å². The second-order valence-corrected chi connectivity index (χ2v) is 9.03. The Kier molecular flexibility index (Phi) is 3.91. The van der Waals surface area contributed by atoms with Crippen molar-refractivity contribution in [3.05, 3.63) is 39.7 Å². The van der Waals surface area contributed by atoms with Crippen LogP contribution in [0.25, 0.3) is 11.0 Å². The van der Waals surface area contributed by atoms with Crippen LogP contribution < -0.4 is 10.4 Å². The average molecular weight is 362 g/mol. The smallest absolute Gasteiger partial charge is 0.339 e. The normalized spacial score (nSPS) is 21.4. The van der Waals surface area contributed by atoms with Crippen LogP contribution in [0.4, 0.5) is 0 Å². The average Bonchev–Trinajstić information content (AvgIpc) is 3.14. The highest BCUT2D eigenvalue weighted by molar-refractivity contribution is 7.91. The van der Waals surface area contributed by atoms with Gasteiger partial charge in [-0.2, -0.15) is 0 Å². The molecular formula is C18H18O6S. The maximum absolute atomic E-state index is 12.1. The molecule has 0 saturated carbocycles. The minimum Gasteiger partial charge on any atom is -0.426 e. The molecule has 1 aliphatic heterocycles. The van der Waals surface area contributed by atoms with Gasteiger partial charge in [0.15, 0.2) is 9.84 Å². The Bertz CT molecular complexity index is 1020. The van der Waals surface area contributed by atoms with Gasteiger partial charge in [0, 0.05) is 23.4 Å². The van der Waals surface area contributed by atoms with Gasteiger partial charge in [-0.25, -0.2) is 13.2 Å². The number of esters is 1. The lowest BCUT2D eigenvalue weighted by Crippen LogP contribution is -2.15. The minimum absolute atomic E-state index is 0.0425. The molecule has 0 N–H and O–H groups in total. The van der Waals surface area contributed by atoms with Crippen LogP contribution in [-0.4, -0.2) is 25.9 Å². The number of sulfone groups is 1. The highest BCUT2D eigenvalue weighted by atomic mass is 32.2. The molecule has 7 heteroatoms. The lowest BCUT2D eigenvalue weighted by atomic mass is 10.1. The van der Waals surface area contributed by atoms with Crippen molar-refractivity contribution in [2.24, 2.45) is 5.92 Å². The molecule has 2 aliphatic rings. The van der Waals surface area contributed by atoms with Crippen molar-refractivity contribution in [2.75, 3.05) is 11.5 Å². The van der Waals surface area contributed by atoms with E-state index in [2.05, 4.69) is 0 Å². The number of fused-ring (bicyclic) bond motifs is 3. The first-order chi connectivity index (χ1) is 11.9. The Morgan fingerprint density at radius 2 is 2.04 bits per heavy atom. The quantitative estimate of drug-likeness (QED) is 0.471. The van der Waals surface area contributed by atoms with E-state index in [0.717, 1.165) is 35.8 Å². The molecule has 1 aromatic heterocycles. The van der Waals surface area contributed by atoms with Crippen LogP contribution in [0.2, 0.25) is 0 Å². The summed E-state index contributed by atoms with van der Waals surface area (Å²) in [5.41, 5.74) is 1.87. The Morgan fingerprint density at radius 3 is 2.80 bits per heavy atom. The van der Waals surface area contributed by atoms with E-state index in [0.29, 0.717) is 17.8 Å². The van der Waals surface area contributed by atoms with E-state index in [1.165, 1.54) is 0 Å². The van der Waals surface area contributed by atoms with Crippen LogP contribution in [0, 0.1) is 5.92 Å². The van der Waals surface area contributed by atoms with Crippen molar-refractivity contribution < 1.29 is 22.4 Å². The molecule has 1 aliphatic carbocycles. The molecule has 4 rings (SSSR count). The van der Waals surface area contributed by atoms with E-state index in [1.807, 2.05) is 6.07 Å². The van der Waals surface area contributed by atoms with Crippen molar-refractivity contribution in [1.29, 1.82) is 0 Å². The van der Waals surface area contributed by atoms with Crippen molar-refractivity contribution in [3.63, 3.8) is 0 Å². The number of benzene rings is 1. The fourth-order valence-corrected chi connectivity index (χ4v) is 5.63. The van der Waals surface area contributed by atoms with Gasteiger partial charge >= 0.3 is 11.6 Å². The largest absolute Gasteiger partial charge is 0.426 e. The van der Waals surface area contributed by atoms with Crippen LogP contribution in [0.1, 0.15) is 30.4 Å². The van der Waals surface area contributed by atoms with Gasteiger partial charge in [0.05, 0.1) is 11.5 Å². The van der Waals surface area contributed by atoms with Gasteiger partial charge in [0.1, 0.15) is 11.3 Å². The summed E-state index contributed by atoms with van der Waals surface area (Å²) in [6.45, 7) is 0. The standard InChI is InChI=1S/C18H18O6S/c19-17(8-11-6-7-25(21,22)10-11)23-12-4-5-14-13-2-1-3-15(13)18(20)24-16(14)9-12/h4-5,9,11H,1-3,6-8,10H2/t11-/m0/s1. The Labute approximate surface area is 144 Å². The molecule has 1 atom stereocenters. The number of ether oxygens (including phenoxy) is 1. The zero-order chi connectivity index (χ0) is 17.6. The predicted octanol–water partition coefficient (Wildman–Crippen LogP) is 2.01. The molecule has 1 fully saturated rings. The maximum atomic E-state index is 12.1. The molecule has 2 heterocycles. The Hall–Kier alpha value is -2.15. The molecule has 0 radical (unpaired) electrons. The summed E-state index contributed by atoms with van der Waals surface area (Å²) in [5.74, 6) is -0.165. The number of hydrogen-bond donors (Lipinski definition) is 0. The monoisotopic (exact) mass is 362 g/mol. The topological polar surface area (TPSA) is 90.6 Å². The van der Waals surface area contributed by atoms with Crippen LogP contribution in [0.5, 0.6) is 5.75 Å². The number of hydrogen-bond acceptors (Lipinski definition) is 6. The fourth-order valence-electron chi connectivity index (χ4n) is 3.77. The second-order valence-electron chi connectivity index (χ2n) is 6.81. The number of carbonyl (C=O) groups is 1. The third kappa shape index (κ3) is 3.20. The van der Waals surface area contributed by atoms with Gasteiger partial charge in [-0.15, -0.1) is 0 Å². The first kappa shape index (κ1) is 16.3. The molecule has 0 unspecified atom stereocenters. The van der Waals surface area contributed by atoms with Crippen molar-refractivity contribution >= 4 is 26.8 Å². The maximum Gasteiger partial charge on any atom is 0.339 e. The van der Waals surface area contributed by atoms with Gasteiger partial charge in [-0.3, -0.25) is 4.79 Å². The zero-order valence-electron chi connectivity index (χ0n) is 13.6. The van der Waals surface area contributed by atoms with E-state index in [4.69, 9.17) is 9.15 Å². The summed E-state index contributed by atoms with van der Waals surface area (Å²) in [4.78, 5) is 24.1. The molecule has 0 bridgehead atoms. The minimum atomic E-state index is -3.01. The molecule has 25 heavy (non-hydrogen) atoms. The first-order valence-corrected chi connectivity index (χ1v) is 10.2. The molecule has 132 valence electrons. The lowest BCUT2D eigenvalue weighted by Gasteiger charge is -2.09. The van der Waals surface area contributed by atoms with Crippen molar-refractivity contribution in [1.82, 2.24) is 0 Å². The van der Waals surface area contributed by atoms with E-state index in [9.17, 15) is 18.0 Å². The molecule has 0 amide bonds. The molecular weight excluding hydrogens is 344 g/mol. The van der Waals surface area contributed by atoms with Crippen LogP contribution in [0.3, 0.4) is 0 Å². The van der Waals surface area contributed by atoms with Crippen molar-refractivity contribution in [3.8, 4) is 5.75 Å². The summed E-state index contributed by atoms with van der Waals surface area (Å²) in [7, 11) is -3.01. The Morgan fingerprint density at radius 1 is 1.24 bits per heavy atom. The number of carbonyl (C=O) groups excluding carboxylic acids is 1. The summed E-state index contributed by atoms with van der Waals surface area (Å²) in [5, 5.41) is 0.883. The van der Waals surface area contributed by atoms with Crippen LogP contribution in [0.15, 0.2) is 27.4 Å². The Balaban J connectivity index is 1.53. The number of aryl methyl sites for hydroxylation is 1. The highest BCUT2D eigenvalue weighted by Crippen LogP contribution is 2.30. The molecule has 2 aromatic rings. The summed E-state index contributed by atoms with van der Waals surface area (Å²) in [6, 6.07) is 5.05. The summed E-state index contributed by atoms with van der Waals surface area (Å²) < 4.78 is 33.6. The third-order valence-electron chi connectivity index (χ3n) is 4.96. The van der Waals surface area contributed by atoms with Gasteiger partial charge in [0.2, 0.25) is 0 Å². The second kappa shape index (κ2) is 5.98. The highest BCUT2D eigenvalue weighted by Gasteiger charge is 2.30. The SMILES string of the molecule is O=C(C[C@@H]1CCS(=O)(=O)C1)Oc1ccc2c3c(c(=O)oc2c1)CCC3. The lowest BCUT2D eigenvalue weighted by molar-refractivity contribution is -0.135. The summed E-state index contributed by atoms with van der Waals surface area (Å²) >= 11 is 0.